The van der Waals surface area contributed by atoms with Crippen molar-refractivity contribution in [1.29, 1.82) is 0 Å². The van der Waals surface area contributed by atoms with Crippen molar-refractivity contribution in [1.82, 2.24) is 9.55 Å². The van der Waals surface area contributed by atoms with Crippen molar-refractivity contribution in [3.63, 3.8) is 0 Å². The SMILES string of the molecule is COc1cc2c(cc1F)[nH]c(=S)n2-c1cc(Cl)ccc1C. The van der Waals surface area contributed by atoms with Crippen molar-refractivity contribution in [2.45, 2.75) is 6.92 Å². The molecule has 0 atom stereocenters. The van der Waals surface area contributed by atoms with E-state index in [4.69, 9.17) is 28.6 Å². The molecule has 3 nitrogen and oxygen atoms in total. The van der Waals surface area contributed by atoms with E-state index < -0.39 is 5.82 Å². The van der Waals surface area contributed by atoms with Crippen molar-refractivity contribution in [2.75, 3.05) is 7.11 Å². The molecule has 1 N–H and O–H groups in total. The minimum Gasteiger partial charge on any atom is -0.494 e. The summed E-state index contributed by atoms with van der Waals surface area (Å²) in [5.41, 5.74) is 3.22. The lowest BCUT2D eigenvalue weighted by molar-refractivity contribution is 0.387. The van der Waals surface area contributed by atoms with Gasteiger partial charge in [0.1, 0.15) is 0 Å². The molecule has 108 valence electrons. The molecule has 0 aliphatic heterocycles. The number of aromatic nitrogens is 2. The van der Waals surface area contributed by atoms with Gasteiger partial charge in [0.15, 0.2) is 16.3 Å². The molecule has 0 radical (unpaired) electrons. The number of aryl methyl sites for hydroxylation is 1. The number of rotatable bonds is 2. The van der Waals surface area contributed by atoms with Gasteiger partial charge in [-0.15, -0.1) is 0 Å². The number of nitrogens with zero attached hydrogens (tertiary/aromatic N) is 1. The number of nitrogens with one attached hydrogen (secondary N) is 1. The second-order valence-electron chi connectivity index (χ2n) is 4.70. The van der Waals surface area contributed by atoms with E-state index in [-0.39, 0.29) is 5.75 Å². The zero-order chi connectivity index (χ0) is 15.1. The summed E-state index contributed by atoms with van der Waals surface area (Å²) in [4.78, 5) is 3.00. The first-order valence-corrected chi connectivity index (χ1v) is 7.04. The number of aromatic amines is 1. The van der Waals surface area contributed by atoms with Gasteiger partial charge in [-0.3, -0.25) is 4.57 Å². The molecule has 0 saturated heterocycles. The van der Waals surface area contributed by atoms with Gasteiger partial charge in [-0.2, -0.15) is 0 Å². The average Bonchev–Trinajstić information content (AvgIpc) is 2.75. The number of H-pyrrole nitrogens is 1. The summed E-state index contributed by atoms with van der Waals surface area (Å²) in [7, 11) is 1.43. The van der Waals surface area contributed by atoms with E-state index >= 15 is 0 Å². The summed E-state index contributed by atoms with van der Waals surface area (Å²) in [6, 6.07) is 8.56. The van der Waals surface area contributed by atoms with Crippen LogP contribution < -0.4 is 4.74 Å². The van der Waals surface area contributed by atoms with Gasteiger partial charge in [0, 0.05) is 17.2 Å². The maximum Gasteiger partial charge on any atom is 0.182 e. The first-order valence-electron chi connectivity index (χ1n) is 6.26. The van der Waals surface area contributed by atoms with Crippen molar-refractivity contribution in [3.05, 3.63) is 51.5 Å². The van der Waals surface area contributed by atoms with Crippen molar-refractivity contribution in [3.8, 4) is 11.4 Å². The van der Waals surface area contributed by atoms with E-state index in [1.165, 1.54) is 13.2 Å². The van der Waals surface area contributed by atoms with Crippen LogP contribution in [0.3, 0.4) is 0 Å². The highest BCUT2D eigenvalue weighted by atomic mass is 35.5. The van der Waals surface area contributed by atoms with Crippen LogP contribution in [0.15, 0.2) is 30.3 Å². The quantitative estimate of drug-likeness (QED) is 0.687. The number of imidazole rings is 1. The molecule has 0 unspecified atom stereocenters. The summed E-state index contributed by atoms with van der Waals surface area (Å²) in [5, 5.41) is 0.612. The Hall–Kier alpha value is -1.85. The molecule has 0 bridgehead atoms. The van der Waals surface area contributed by atoms with Gasteiger partial charge < -0.3 is 9.72 Å². The Morgan fingerprint density at radius 3 is 2.76 bits per heavy atom. The Labute approximate surface area is 130 Å². The summed E-state index contributed by atoms with van der Waals surface area (Å²) in [6.07, 6.45) is 0. The molecule has 3 rings (SSSR count). The number of hydrogen-bond donors (Lipinski definition) is 1. The second-order valence-corrected chi connectivity index (χ2v) is 5.52. The molecular formula is C15H12ClFN2OS. The van der Waals surface area contributed by atoms with E-state index in [1.807, 2.05) is 29.7 Å². The summed E-state index contributed by atoms with van der Waals surface area (Å²) in [6.45, 7) is 1.97. The van der Waals surface area contributed by atoms with Crippen molar-refractivity contribution >= 4 is 34.9 Å². The maximum absolute atomic E-state index is 13.8. The molecule has 0 aliphatic carbocycles. The largest absolute Gasteiger partial charge is 0.494 e. The van der Waals surface area contributed by atoms with Crippen LogP contribution in [0.5, 0.6) is 5.75 Å². The molecule has 0 aliphatic rings. The first kappa shape index (κ1) is 14.1. The number of ether oxygens (including phenoxy) is 1. The third-order valence-corrected chi connectivity index (χ3v) is 3.89. The van der Waals surface area contributed by atoms with Crippen LogP contribution in [0, 0.1) is 17.5 Å². The Morgan fingerprint density at radius 1 is 1.29 bits per heavy atom. The first-order chi connectivity index (χ1) is 10.0. The van der Waals surface area contributed by atoms with Crippen LogP contribution in [0.4, 0.5) is 4.39 Å². The molecule has 0 spiro atoms. The molecular weight excluding hydrogens is 311 g/mol. The lowest BCUT2D eigenvalue weighted by Crippen LogP contribution is -1.98. The fourth-order valence-electron chi connectivity index (χ4n) is 2.33. The predicted octanol–water partition coefficient (Wildman–Crippen LogP) is 4.80. The molecule has 2 aromatic carbocycles. The third kappa shape index (κ3) is 2.32. The highest BCUT2D eigenvalue weighted by Crippen LogP contribution is 2.29. The molecule has 21 heavy (non-hydrogen) atoms. The van der Waals surface area contributed by atoms with Crippen molar-refractivity contribution < 1.29 is 9.13 Å². The van der Waals surface area contributed by atoms with Crippen LogP contribution in [-0.4, -0.2) is 16.7 Å². The topological polar surface area (TPSA) is 29.9 Å². The average molecular weight is 323 g/mol. The maximum atomic E-state index is 13.8. The molecule has 6 heteroatoms. The zero-order valence-electron chi connectivity index (χ0n) is 11.4. The van der Waals surface area contributed by atoms with Crippen LogP contribution >= 0.6 is 23.8 Å². The summed E-state index contributed by atoms with van der Waals surface area (Å²) in [5.74, 6) is -0.263. The number of halogens is 2. The Bertz CT molecular complexity index is 901. The molecule has 0 fully saturated rings. The van der Waals surface area contributed by atoms with E-state index in [2.05, 4.69) is 4.98 Å². The molecule has 0 saturated carbocycles. The van der Waals surface area contributed by atoms with Gasteiger partial charge in [0.05, 0.1) is 23.8 Å². The highest BCUT2D eigenvalue weighted by molar-refractivity contribution is 7.71. The van der Waals surface area contributed by atoms with E-state index in [0.717, 1.165) is 16.8 Å². The van der Waals surface area contributed by atoms with Gasteiger partial charge in [0.2, 0.25) is 0 Å². The fraction of sp³-hybridized carbons (Fsp3) is 0.133. The van der Waals surface area contributed by atoms with Crippen LogP contribution in [0.1, 0.15) is 5.56 Å². The smallest absolute Gasteiger partial charge is 0.182 e. The number of fused-ring (bicyclic) bond motifs is 1. The van der Waals surface area contributed by atoms with Crippen LogP contribution in [0.25, 0.3) is 16.7 Å². The minimum absolute atomic E-state index is 0.171. The van der Waals surface area contributed by atoms with Crippen LogP contribution in [0.2, 0.25) is 5.02 Å². The Morgan fingerprint density at radius 2 is 2.05 bits per heavy atom. The Kier molecular flexibility index (Phi) is 3.47. The van der Waals surface area contributed by atoms with Gasteiger partial charge >= 0.3 is 0 Å². The lowest BCUT2D eigenvalue weighted by Gasteiger charge is -2.10. The highest BCUT2D eigenvalue weighted by Gasteiger charge is 2.13. The monoisotopic (exact) mass is 322 g/mol. The number of hydrogen-bond acceptors (Lipinski definition) is 2. The van der Waals surface area contributed by atoms with E-state index in [0.29, 0.717) is 15.3 Å². The molecule has 3 aromatic rings. The number of methoxy groups -OCH3 is 1. The second kappa shape index (κ2) is 5.16. The van der Waals surface area contributed by atoms with Gasteiger partial charge in [0.25, 0.3) is 0 Å². The summed E-state index contributed by atoms with van der Waals surface area (Å²) >= 11 is 11.4. The molecule has 1 aromatic heterocycles. The zero-order valence-corrected chi connectivity index (χ0v) is 13.0. The molecule has 0 amide bonds. The summed E-state index contributed by atoms with van der Waals surface area (Å²) < 4.78 is 21.1. The minimum atomic E-state index is -0.434. The predicted molar refractivity (Wildman–Crippen MR) is 84.7 cm³/mol. The number of benzene rings is 2. The third-order valence-electron chi connectivity index (χ3n) is 3.37. The van der Waals surface area contributed by atoms with Gasteiger partial charge in [-0.1, -0.05) is 17.7 Å². The molecule has 1 heterocycles. The van der Waals surface area contributed by atoms with Crippen molar-refractivity contribution in [2.24, 2.45) is 0 Å². The van der Waals surface area contributed by atoms with E-state index in [1.54, 1.807) is 6.07 Å². The standard InChI is InChI=1S/C15H12ClFN2OS/c1-8-3-4-9(16)5-12(8)19-13-7-14(20-2)10(17)6-11(13)18-15(19)21/h3-7H,1-2H3,(H,18,21). The van der Waals surface area contributed by atoms with Gasteiger partial charge in [-0.25, -0.2) is 4.39 Å². The van der Waals surface area contributed by atoms with E-state index in [9.17, 15) is 4.39 Å². The van der Waals surface area contributed by atoms with Gasteiger partial charge in [-0.05, 0) is 36.8 Å². The van der Waals surface area contributed by atoms with Crippen LogP contribution in [-0.2, 0) is 0 Å². The fourth-order valence-corrected chi connectivity index (χ4v) is 2.80. The Balaban J connectivity index is 2.39. The lowest BCUT2D eigenvalue weighted by atomic mass is 10.2. The normalized spacial score (nSPS) is 11.0.